The molecule has 2 aromatic heterocycles. The number of halogens is 1. The summed E-state index contributed by atoms with van der Waals surface area (Å²) < 4.78 is 16.5. The number of aromatic nitrogens is 2. The minimum atomic E-state index is -1.08. The van der Waals surface area contributed by atoms with Crippen molar-refractivity contribution >= 4 is 39.9 Å². The summed E-state index contributed by atoms with van der Waals surface area (Å²) in [5.41, 5.74) is 1.76. The first kappa shape index (κ1) is 23.9. The molecule has 3 heterocycles. The molecule has 9 nitrogen and oxygen atoms in total. The third kappa shape index (κ3) is 4.11. The Morgan fingerprint density at radius 1 is 1.14 bits per heavy atom. The van der Waals surface area contributed by atoms with E-state index in [1.807, 2.05) is 12.1 Å². The van der Waals surface area contributed by atoms with Gasteiger partial charge in [-0.2, -0.15) is 0 Å². The van der Waals surface area contributed by atoms with E-state index in [1.54, 1.807) is 56.8 Å². The van der Waals surface area contributed by atoms with Crippen LogP contribution in [0.5, 0.6) is 17.2 Å². The number of methoxy groups -OCH3 is 2. The molecule has 0 radical (unpaired) electrons. The highest BCUT2D eigenvalue weighted by atomic mass is 35.5. The van der Waals surface area contributed by atoms with Crippen LogP contribution in [0.2, 0.25) is 5.02 Å². The van der Waals surface area contributed by atoms with Crippen molar-refractivity contribution in [1.29, 1.82) is 0 Å². The molecule has 1 aliphatic rings. The molecular weight excluding hydrogens is 484 g/mol. The van der Waals surface area contributed by atoms with Crippen molar-refractivity contribution in [2.75, 3.05) is 31.5 Å². The zero-order valence-electron chi connectivity index (χ0n) is 19.9. The lowest BCUT2D eigenvalue weighted by molar-refractivity contribution is -0.121. The normalized spacial score (nSPS) is 17.8. The monoisotopic (exact) mass is 508 g/mol. The van der Waals surface area contributed by atoms with Crippen molar-refractivity contribution in [1.82, 2.24) is 9.97 Å². The van der Waals surface area contributed by atoms with Gasteiger partial charge in [-0.3, -0.25) is 4.79 Å². The van der Waals surface area contributed by atoms with Gasteiger partial charge in [0.2, 0.25) is 0 Å². The molecule has 0 fully saturated rings. The molecule has 5 rings (SSSR count). The van der Waals surface area contributed by atoms with Gasteiger partial charge in [0.1, 0.15) is 23.0 Å². The van der Waals surface area contributed by atoms with E-state index in [0.29, 0.717) is 55.8 Å². The molecule has 1 aliphatic heterocycles. The maximum absolute atomic E-state index is 12.7. The molecule has 1 unspecified atom stereocenters. The molecule has 0 bridgehead atoms. The van der Waals surface area contributed by atoms with Gasteiger partial charge in [-0.05, 0) is 31.2 Å². The number of aromatic amines is 1. The number of H-pyrrole nitrogens is 1. The number of anilines is 2. The van der Waals surface area contributed by atoms with E-state index in [2.05, 4.69) is 20.6 Å². The average molecular weight is 509 g/mol. The number of aliphatic hydroxyl groups excluding tert-OH is 1. The van der Waals surface area contributed by atoms with Crippen molar-refractivity contribution in [2.45, 2.75) is 18.6 Å². The predicted molar refractivity (Wildman–Crippen MR) is 137 cm³/mol. The molecular formula is C26H25ClN4O5. The fourth-order valence-electron chi connectivity index (χ4n) is 4.33. The van der Waals surface area contributed by atoms with Crippen LogP contribution in [0.4, 0.5) is 11.4 Å². The number of nitrogens with zero attached hydrogens (tertiary/aromatic N) is 1. The largest absolute Gasteiger partial charge is 0.493 e. The van der Waals surface area contributed by atoms with Crippen LogP contribution in [0, 0.1) is 0 Å². The summed E-state index contributed by atoms with van der Waals surface area (Å²) >= 11 is 6.60. The van der Waals surface area contributed by atoms with E-state index >= 15 is 0 Å². The Labute approximate surface area is 212 Å². The van der Waals surface area contributed by atoms with Gasteiger partial charge in [-0.15, -0.1) is 0 Å². The molecule has 2 aromatic carbocycles. The lowest BCUT2D eigenvalue weighted by Crippen LogP contribution is -2.53. The van der Waals surface area contributed by atoms with Crippen LogP contribution in [0.3, 0.4) is 0 Å². The number of carbonyl (C=O) groups is 1. The summed E-state index contributed by atoms with van der Waals surface area (Å²) in [6, 6.07) is 12.4. The Kier molecular flexibility index (Phi) is 6.21. The Balaban J connectivity index is 1.50. The van der Waals surface area contributed by atoms with Crippen molar-refractivity contribution in [2.24, 2.45) is 0 Å². The number of hydrogen-bond acceptors (Lipinski definition) is 7. The van der Waals surface area contributed by atoms with Crippen LogP contribution in [0.1, 0.15) is 24.2 Å². The minimum absolute atomic E-state index is 0.157. The number of aliphatic hydroxyl groups is 1. The molecule has 1 amide bonds. The highest BCUT2D eigenvalue weighted by Gasteiger charge is 2.39. The van der Waals surface area contributed by atoms with E-state index < -0.39 is 11.6 Å². The standard InChI is InChI=1S/C26H25ClN4O5/c1-26(13-34-2)25(33)30-18-12-29-24-21(22(18)31-26)16(11-28-24)23(32)15-9-8-14(10-17(15)27)36-20-7-5-4-6-19(20)35-3/h4-12,23,31-32H,13H2,1-3H3,(H,28,29)(H,30,33)/t23?,26-/m0/s1. The maximum atomic E-state index is 12.7. The van der Waals surface area contributed by atoms with Crippen LogP contribution in [-0.2, 0) is 9.53 Å². The number of pyridine rings is 1. The van der Waals surface area contributed by atoms with Crippen LogP contribution >= 0.6 is 11.6 Å². The Morgan fingerprint density at radius 2 is 1.92 bits per heavy atom. The van der Waals surface area contributed by atoms with E-state index in [4.69, 9.17) is 25.8 Å². The lowest BCUT2D eigenvalue weighted by atomic mass is 9.95. The average Bonchev–Trinajstić information content (AvgIpc) is 3.30. The van der Waals surface area contributed by atoms with E-state index in [-0.39, 0.29) is 12.5 Å². The summed E-state index contributed by atoms with van der Waals surface area (Å²) in [5.74, 6) is 1.40. The van der Waals surface area contributed by atoms with Gasteiger partial charge in [-0.1, -0.05) is 29.8 Å². The smallest absolute Gasteiger partial charge is 0.252 e. The molecule has 0 aliphatic carbocycles. The fourth-order valence-corrected chi connectivity index (χ4v) is 4.61. The summed E-state index contributed by atoms with van der Waals surface area (Å²) in [7, 11) is 3.11. The van der Waals surface area contributed by atoms with Crippen LogP contribution in [0.15, 0.2) is 54.9 Å². The minimum Gasteiger partial charge on any atom is -0.493 e. The first-order valence-corrected chi connectivity index (χ1v) is 11.6. The molecule has 186 valence electrons. The van der Waals surface area contributed by atoms with Gasteiger partial charge in [-0.25, -0.2) is 4.98 Å². The SMILES string of the molecule is COC[C@]1(C)Nc2c(cnc3[nH]cc(C(O)c4ccc(Oc5ccccc5OC)cc4Cl)c23)NC1=O. The Morgan fingerprint density at radius 3 is 2.64 bits per heavy atom. The molecule has 2 atom stereocenters. The summed E-state index contributed by atoms with van der Waals surface area (Å²) in [6.07, 6.45) is 2.18. The van der Waals surface area contributed by atoms with E-state index in [0.717, 1.165) is 0 Å². The first-order valence-electron chi connectivity index (χ1n) is 11.2. The summed E-state index contributed by atoms with van der Waals surface area (Å²) in [4.78, 5) is 20.2. The van der Waals surface area contributed by atoms with Crippen molar-refractivity contribution in [3.05, 3.63) is 71.0 Å². The van der Waals surface area contributed by atoms with E-state index in [9.17, 15) is 9.90 Å². The van der Waals surface area contributed by atoms with Crippen LogP contribution < -0.4 is 20.1 Å². The third-order valence-electron chi connectivity index (χ3n) is 6.17. The fraction of sp³-hybridized carbons (Fsp3) is 0.231. The number of ether oxygens (including phenoxy) is 3. The van der Waals surface area contributed by atoms with Gasteiger partial charge in [0, 0.05) is 24.4 Å². The topological polar surface area (TPSA) is 118 Å². The van der Waals surface area contributed by atoms with Crippen molar-refractivity contribution in [3.8, 4) is 17.2 Å². The Bertz CT molecular complexity index is 1460. The highest BCUT2D eigenvalue weighted by Crippen LogP contribution is 2.42. The maximum Gasteiger partial charge on any atom is 0.252 e. The van der Waals surface area contributed by atoms with Gasteiger partial charge in [0.15, 0.2) is 11.5 Å². The Hall–Kier alpha value is -3.79. The molecule has 4 aromatic rings. The third-order valence-corrected chi connectivity index (χ3v) is 6.50. The van der Waals surface area contributed by atoms with Crippen molar-refractivity contribution < 1.29 is 24.1 Å². The molecule has 0 saturated carbocycles. The molecule has 0 saturated heterocycles. The molecule has 0 spiro atoms. The lowest BCUT2D eigenvalue weighted by Gasteiger charge is -2.35. The van der Waals surface area contributed by atoms with Gasteiger partial charge in [0.05, 0.1) is 41.7 Å². The number of rotatable bonds is 7. The van der Waals surface area contributed by atoms with Crippen LogP contribution in [-0.4, -0.2) is 47.3 Å². The number of fused-ring (bicyclic) bond motifs is 3. The number of nitrogens with one attached hydrogen (secondary N) is 3. The number of amides is 1. The molecule has 10 heteroatoms. The number of carbonyl (C=O) groups excluding carboxylic acids is 1. The second-order valence-electron chi connectivity index (χ2n) is 8.70. The van der Waals surface area contributed by atoms with Crippen LogP contribution in [0.25, 0.3) is 11.0 Å². The number of hydrogen-bond donors (Lipinski definition) is 4. The van der Waals surface area contributed by atoms with E-state index in [1.165, 1.54) is 7.11 Å². The number of benzene rings is 2. The molecule has 4 N–H and O–H groups in total. The zero-order valence-corrected chi connectivity index (χ0v) is 20.6. The second kappa shape index (κ2) is 9.34. The highest BCUT2D eigenvalue weighted by molar-refractivity contribution is 6.31. The zero-order chi connectivity index (χ0) is 25.4. The quantitative estimate of drug-likeness (QED) is 0.281. The summed E-state index contributed by atoms with van der Waals surface area (Å²) in [5, 5.41) is 18.5. The van der Waals surface area contributed by atoms with Gasteiger partial charge >= 0.3 is 0 Å². The molecule has 36 heavy (non-hydrogen) atoms. The number of para-hydroxylation sites is 2. The second-order valence-corrected chi connectivity index (χ2v) is 9.10. The summed E-state index contributed by atoms with van der Waals surface area (Å²) in [6.45, 7) is 1.91. The first-order chi connectivity index (χ1) is 17.3. The van der Waals surface area contributed by atoms with Crippen molar-refractivity contribution in [3.63, 3.8) is 0 Å². The van der Waals surface area contributed by atoms with Gasteiger partial charge in [0.25, 0.3) is 5.91 Å². The predicted octanol–water partition coefficient (Wildman–Crippen LogP) is 4.87. The van der Waals surface area contributed by atoms with Gasteiger partial charge < -0.3 is 34.9 Å².